The molecule has 0 saturated heterocycles. The van der Waals surface area contributed by atoms with E-state index in [0.29, 0.717) is 0 Å². The first-order valence-corrected chi connectivity index (χ1v) is 22.0. The van der Waals surface area contributed by atoms with E-state index in [0.717, 1.165) is 22.7 Å². The third kappa shape index (κ3) is 4.99. The predicted molar refractivity (Wildman–Crippen MR) is 269 cm³/mol. The normalized spacial score (nSPS) is 12.1. The van der Waals surface area contributed by atoms with Crippen molar-refractivity contribution in [3.05, 3.63) is 231 Å². The van der Waals surface area contributed by atoms with Crippen LogP contribution in [-0.2, 0) is 0 Å². The molecule has 0 aliphatic rings. The summed E-state index contributed by atoms with van der Waals surface area (Å²) in [5, 5.41) is 9.97. The molecule has 14 aromatic rings. The molecular formula is C60H38N4. The minimum atomic E-state index is 1.14. The fourth-order valence-electron chi connectivity index (χ4n) is 10.8. The van der Waals surface area contributed by atoms with E-state index in [2.05, 4.69) is 249 Å². The quantitative estimate of drug-likeness (QED) is 0.165. The van der Waals surface area contributed by atoms with Crippen molar-refractivity contribution in [2.75, 3.05) is 0 Å². The summed E-state index contributed by atoms with van der Waals surface area (Å²) >= 11 is 0. The third-order valence-electron chi connectivity index (χ3n) is 13.5. The molecule has 0 spiro atoms. The number of hydrogen-bond acceptors (Lipinski definition) is 0. The van der Waals surface area contributed by atoms with Gasteiger partial charge in [0.1, 0.15) is 0 Å². The second-order valence-corrected chi connectivity index (χ2v) is 16.9. The Balaban J connectivity index is 0.980. The molecule has 0 fully saturated rings. The first kappa shape index (κ1) is 35.0. The van der Waals surface area contributed by atoms with Crippen molar-refractivity contribution in [1.82, 2.24) is 18.3 Å². The average molecular weight is 815 g/mol. The molecular weight excluding hydrogens is 777 g/mol. The Morgan fingerprint density at radius 3 is 0.797 bits per heavy atom. The first-order chi connectivity index (χ1) is 31.8. The summed E-state index contributed by atoms with van der Waals surface area (Å²) in [6.07, 6.45) is 0. The monoisotopic (exact) mass is 814 g/mol. The Bertz CT molecular complexity index is 3800. The number of hydrogen-bond donors (Lipinski definition) is 0. The lowest BCUT2D eigenvalue weighted by Gasteiger charge is -2.12. The van der Waals surface area contributed by atoms with Crippen LogP contribution in [0, 0.1) is 0 Å². The number of nitrogens with zero attached hydrogens (tertiary/aromatic N) is 4. The highest BCUT2D eigenvalue weighted by Gasteiger charge is 2.20. The molecule has 0 amide bonds. The van der Waals surface area contributed by atoms with Crippen molar-refractivity contribution >= 4 is 87.2 Å². The third-order valence-corrected chi connectivity index (χ3v) is 13.5. The van der Waals surface area contributed by atoms with Crippen LogP contribution in [0.15, 0.2) is 231 Å². The fourth-order valence-corrected chi connectivity index (χ4v) is 10.8. The molecule has 4 heteroatoms. The molecule has 0 unspecified atom stereocenters. The van der Waals surface area contributed by atoms with Gasteiger partial charge in [0, 0.05) is 65.8 Å². The molecule has 14 rings (SSSR count). The Kier molecular flexibility index (Phi) is 7.36. The van der Waals surface area contributed by atoms with Crippen LogP contribution in [0.4, 0.5) is 0 Å². The lowest BCUT2D eigenvalue weighted by Crippen LogP contribution is -1.97. The van der Waals surface area contributed by atoms with Gasteiger partial charge in [-0.15, -0.1) is 0 Å². The predicted octanol–water partition coefficient (Wildman–Crippen LogP) is 15.7. The van der Waals surface area contributed by atoms with E-state index in [1.54, 1.807) is 0 Å². The molecule has 64 heavy (non-hydrogen) atoms. The first-order valence-electron chi connectivity index (χ1n) is 22.0. The minimum Gasteiger partial charge on any atom is -0.309 e. The van der Waals surface area contributed by atoms with Gasteiger partial charge in [-0.25, -0.2) is 0 Å². The molecule has 298 valence electrons. The van der Waals surface area contributed by atoms with Crippen molar-refractivity contribution in [2.45, 2.75) is 0 Å². The van der Waals surface area contributed by atoms with Crippen molar-refractivity contribution in [3.63, 3.8) is 0 Å². The highest BCUT2D eigenvalue weighted by Crippen LogP contribution is 2.41. The zero-order valence-corrected chi connectivity index (χ0v) is 34.7. The fraction of sp³-hybridized carbons (Fsp3) is 0. The van der Waals surface area contributed by atoms with Crippen molar-refractivity contribution < 1.29 is 0 Å². The topological polar surface area (TPSA) is 19.7 Å². The van der Waals surface area contributed by atoms with Gasteiger partial charge >= 0.3 is 0 Å². The van der Waals surface area contributed by atoms with Crippen molar-refractivity contribution in [3.8, 4) is 33.9 Å². The maximum Gasteiger partial charge on any atom is 0.0561 e. The van der Waals surface area contributed by atoms with E-state index in [4.69, 9.17) is 0 Å². The van der Waals surface area contributed by atoms with Gasteiger partial charge in [0.2, 0.25) is 0 Å². The molecule has 0 saturated carbocycles. The summed E-state index contributed by atoms with van der Waals surface area (Å²) in [4.78, 5) is 0. The molecule has 0 aliphatic carbocycles. The van der Waals surface area contributed by atoms with Crippen LogP contribution in [0.5, 0.6) is 0 Å². The number of fused-ring (bicyclic) bond motifs is 12. The summed E-state index contributed by atoms with van der Waals surface area (Å²) in [7, 11) is 0. The van der Waals surface area contributed by atoms with Gasteiger partial charge in [0.15, 0.2) is 0 Å². The second kappa shape index (κ2) is 13.4. The van der Waals surface area contributed by atoms with Crippen molar-refractivity contribution in [1.29, 1.82) is 0 Å². The zero-order valence-electron chi connectivity index (χ0n) is 34.7. The number of rotatable bonds is 5. The lowest BCUT2D eigenvalue weighted by atomic mass is 10.0. The number of benzene rings is 10. The van der Waals surface area contributed by atoms with E-state index in [1.165, 1.54) is 98.4 Å². The molecule has 0 N–H and O–H groups in total. The summed E-state index contributed by atoms with van der Waals surface area (Å²) in [6.45, 7) is 0. The van der Waals surface area contributed by atoms with Gasteiger partial charge in [-0.05, 0) is 96.1 Å². The Labute approximate surface area is 368 Å². The molecule has 4 heterocycles. The molecule has 4 aromatic heterocycles. The van der Waals surface area contributed by atoms with Crippen LogP contribution >= 0.6 is 0 Å². The molecule has 0 bridgehead atoms. The molecule has 0 radical (unpaired) electrons. The maximum atomic E-state index is 2.45. The van der Waals surface area contributed by atoms with Crippen LogP contribution in [0.2, 0.25) is 0 Å². The number of para-hydroxylation sites is 6. The van der Waals surface area contributed by atoms with Gasteiger partial charge in [0.25, 0.3) is 0 Å². The molecule has 4 nitrogen and oxygen atoms in total. The highest BCUT2D eigenvalue weighted by molar-refractivity contribution is 6.15. The summed E-state index contributed by atoms with van der Waals surface area (Å²) in [5.41, 5.74) is 16.5. The summed E-state index contributed by atoms with van der Waals surface area (Å²) < 4.78 is 9.72. The van der Waals surface area contributed by atoms with Gasteiger partial charge in [-0.1, -0.05) is 146 Å². The van der Waals surface area contributed by atoms with Crippen LogP contribution in [-0.4, -0.2) is 18.3 Å². The van der Waals surface area contributed by atoms with Gasteiger partial charge < -0.3 is 18.3 Å². The average Bonchev–Trinajstić information content (AvgIpc) is 4.08. The smallest absolute Gasteiger partial charge is 0.0561 e. The largest absolute Gasteiger partial charge is 0.309 e. The molecule has 0 atom stereocenters. The SMILES string of the molecule is c1ccc(-n2c3cc(-c4ccc5c6ccc(-n7c8ccccc8c8ccccc87)cc6n(-c6ccccc6)c5c4)ccc3c3ccc(-n4c5ccccc5c5ccccc54)cc32)cc1. The summed E-state index contributed by atoms with van der Waals surface area (Å²) in [5.74, 6) is 0. The number of aromatic nitrogens is 4. The standard InChI is InChI=1S/C60H38N4/c1-3-15-41(16-4-1)61-57-35-39(27-31-49(57)51-33-29-43(37-59(51)61)63-53-23-11-7-19-45(53)46-20-8-12-24-54(46)63)40-28-32-50-52-34-30-44(38-60(52)62(58(50)36-40)42-17-5-2-6-18-42)64-55-25-13-9-21-47(55)48-22-10-14-26-56(48)64/h1-38H. The van der Waals surface area contributed by atoms with E-state index in [9.17, 15) is 0 Å². The van der Waals surface area contributed by atoms with Gasteiger partial charge in [0.05, 0.1) is 44.1 Å². The Hall–Kier alpha value is -8.60. The Morgan fingerprint density at radius 2 is 0.438 bits per heavy atom. The highest BCUT2D eigenvalue weighted by atomic mass is 15.0. The van der Waals surface area contributed by atoms with E-state index >= 15 is 0 Å². The van der Waals surface area contributed by atoms with Crippen LogP contribution in [0.3, 0.4) is 0 Å². The van der Waals surface area contributed by atoms with Crippen molar-refractivity contribution in [2.24, 2.45) is 0 Å². The molecule has 10 aromatic carbocycles. The lowest BCUT2D eigenvalue weighted by molar-refractivity contribution is 1.15. The Morgan fingerprint density at radius 1 is 0.172 bits per heavy atom. The van der Waals surface area contributed by atoms with Crippen LogP contribution < -0.4 is 0 Å². The zero-order chi connectivity index (χ0) is 41.9. The van der Waals surface area contributed by atoms with Crippen LogP contribution in [0.1, 0.15) is 0 Å². The summed E-state index contributed by atoms with van der Waals surface area (Å²) in [6, 6.07) is 84.5. The second-order valence-electron chi connectivity index (χ2n) is 16.9. The van der Waals surface area contributed by atoms with E-state index in [1.807, 2.05) is 0 Å². The minimum absolute atomic E-state index is 1.14. The van der Waals surface area contributed by atoms with Gasteiger partial charge in [-0.2, -0.15) is 0 Å². The van der Waals surface area contributed by atoms with Gasteiger partial charge in [-0.3, -0.25) is 0 Å². The maximum absolute atomic E-state index is 2.45. The van der Waals surface area contributed by atoms with Crippen LogP contribution in [0.25, 0.3) is 121 Å². The van der Waals surface area contributed by atoms with E-state index < -0.39 is 0 Å². The molecule has 0 aliphatic heterocycles. The van der Waals surface area contributed by atoms with E-state index in [-0.39, 0.29) is 0 Å².